The van der Waals surface area contributed by atoms with E-state index < -0.39 is 28.9 Å². The second-order valence-electron chi connectivity index (χ2n) is 10.7. The molecule has 1 aliphatic carbocycles. The van der Waals surface area contributed by atoms with Gasteiger partial charge in [0.15, 0.2) is 11.6 Å². The number of anilines is 2. The molecule has 3 N–H and O–H groups in total. The number of hydrogen-bond donors (Lipinski definition) is 2. The van der Waals surface area contributed by atoms with Gasteiger partial charge in [0.1, 0.15) is 22.8 Å². The normalized spacial score (nSPS) is 13.6. The Morgan fingerprint density at radius 2 is 1.82 bits per heavy atom. The van der Waals surface area contributed by atoms with Gasteiger partial charge in [-0.3, -0.25) is 19.5 Å². The first-order chi connectivity index (χ1) is 21.7. The maximum Gasteiger partial charge on any atom is 0.247 e. The van der Waals surface area contributed by atoms with Crippen molar-refractivity contribution in [1.82, 2.24) is 19.9 Å². The molecule has 45 heavy (non-hydrogen) atoms. The second-order valence-corrected chi connectivity index (χ2v) is 11.8. The second kappa shape index (κ2) is 12.3. The third kappa shape index (κ3) is 5.89. The lowest BCUT2D eigenvalue weighted by molar-refractivity contribution is -0.133. The lowest BCUT2D eigenvalue weighted by Gasteiger charge is -2.26. The molecule has 1 fully saturated rings. The first-order valence-electron chi connectivity index (χ1n) is 14.2. The zero-order valence-electron chi connectivity index (χ0n) is 24.5. The number of methoxy groups -OCH3 is 1. The molecule has 1 saturated carbocycles. The van der Waals surface area contributed by atoms with E-state index in [1.165, 1.54) is 52.6 Å². The number of halogens is 2. The number of carbonyl (C=O) groups excluding carboxylic acids is 2. The van der Waals surface area contributed by atoms with Crippen molar-refractivity contribution in [3.8, 4) is 22.2 Å². The van der Waals surface area contributed by atoms with Crippen molar-refractivity contribution in [1.29, 1.82) is 0 Å². The third-order valence-corrected chi connectivity index (χ3v) is 8.92. The molecule has 0 radical (unpaired) electrons. The number of benzene rings is 2. The molecule has 0 saturated heterocycles. The summed E-state index contributed by atoms with van der Waals surface area (Å²) in [7, 11) is 3.60. The Morgan fingerprint density at radius 1 is 1.07 bits per heavy atom. The molecule has 1 aliphatic rings. The largest absolute Gasteiger partial charge is 0.453 e. The van der Waals surface area contributed by atoms with Crippen molar-refractivity contribution >= 4 is 44.7 Å². The van der Waals surface area contributed by atoms with E-state index in [1.54, 1.807) is 19.4 Å². The summed E-state index contributed by atoms with van der Waals surface area (Å²) in [5.74, 6) is -1.51. The van der Waals surface area contributed by atoms with Gasteiger partial charge in [0, 0.05) is 51.3 Å². The number of hydrogen-bond acceptors (Lipinski definition) is 8. The molecule has 232 valence electrons. The molecule has 2 aromatic carbocycles. The molecule has 13 heteroatoms. The Bertz CT molecular complexity index is 1890. The van der Waals surface area contributed by atoms with Crippen molar-refractivity contribution in [3.63, 3.8) is 0 Å². The predicted octanol–water partition coefficient (Wildman–Crippen LogP) is 5.43. The molecule has 0 bridgehead atoms. The van der Waals surface area contributed by atoms with E-state index in [2.05, 4.69) is 15.3 Å². The lowest BCUT2D eigenvalue weighted by atomic mass is 10.0. The van der Waals surface area contributed by atoms with Crippen molar-refractivity contribution < 1.29 is 27.8 Å². The highest BCUT2D eigenvalue weighted by molar-refractivity contribution is 7.22. The van der Waals surface area contributed by atoms with Crippen LogP contribution in [0.2, 0.25) is 0 Å². The van der Waals surface area contributed by atoms with Crippen LogP contribution in [-0.2, 0) is 27.9 Å². The predicted molar refractivity (Wildman–Crippen MR) is 166 cm³/mol. The maximum absolute atomic E-state index is 15.6. The van der Waals surface area contributed by atoms with Crippen LogP contribution in [0.3, 0.4) is 0 Å². The highest BCUT2D eigenvalue weighted by Crippen LogP contribution is 2.49. The van der Waals surface area contributed by atoms with Crippen LogP contribution in [0, 0.1) is 17.0 Å². The summed E-state index contributed by atoms with van der Waals surface area (Å²) in [4.78, 5) is 36.8. The number of amides is 2. The summed E-state index contributed by atoms with van der Waals surface area (Å²) in [6.07, 6.45) is 3.97. The van der Waals surface area contributed by atoms with Crippen LogP contribution in [0.15, 0.2) is 67.0 Å². The number of nitrogens with zero attached hydrogens (tertiary/aromatic N) is 4. The standard InChI is InChI=1S/C32H30F2N6O4S/c1-39-22(17-36-13-14-43-2)18-38-29(39)27-16-24-28(45-27)26(9-12-37-24)44-25-8-7-21(15-23(25)34)40(20-5-3-19(33)4-6-20)31(42)32(10-11-32)30(35)41/h3-9,12,15-16,18,36H,10-11,13-14,17H2,1-2H3,(H2,35,41). The number of imidazole rings is 1. The van der Waals surface area contributed by atoms with E-state index in [-0.39, 0.29) is 30.0 Å². The van der Waals surface area contributed by atoms with Crippen LogP contribution in [0.1, 0.15) is 18.5 Å². The number of fused-ring (bicyclic) bond motifs is 1. The van der Waals surface area contributed by atoms with Gasteiger partial charge in [-0.25, -0.2) is 13.8 Å². The van der Waals surface area contributed by atoms with E-state index >= 15 is 4.39 Å². The Kier molecular flexibility index (Phi) is 8.32. The van der Waals surface area contributed by atoms with Crippen molar-refractivity contribution in [2.45, 2.75) is 19.4 Å². The number of aromatic nitrogens is 3. The molecule has 0 atom stereocenters. The fourth-order valence-electron chi connectivity index (χ4n) is 5.04. The van der Waals surface area contributed by atoms with E-state index in [9.17, 15) is 14.0 Å². The first-order valence-corrected chi connectivity index (χ1v) is 15.0. The van der Waals surface area contributed by atoms with Gasteiger partial charge in [-0.15, -0.1) is 11.3 Å². The minimum absolute atomic E-state index is 0.0786. The van der Waals surface area contributed by atoms with Crippen molar-refractivity contribution in [3.05, 3.63) is 84.3 Å². The van der Waals surface area contributed by atoms with Crippen LogP contribution in [-0.4, -0.2) is 46.6 Å². The molecule has 10 nitrogen and oxygen atoms in total. The Labute approximate surface area is 261 Å². The van der Waals surface area contributed by atoms with Gasteiger partial charge in [0.2, 0.25) is 11.8 Å². The molecule has 5 aromatic rings. The topological polar surface area (TPSA) is 125 Å². The first kappa shape index (κ1) is 30.3. The van der Waals surface area contributed by atoms with E-state index in [1.807, 2.05) is 23.9 Å². The van der Waals surface area contributed by atoms with Crippen LogP contribution in [0.5, 0.6) is 11.5 Å². The maximum atomic E-state index is 15.6. The van der Waals surface area contributed by atoms with Gasteiger partial charge in [-0.05, 0) is 55.3 Å². The van der Waals surface area contributed by atoms with Gasteiger partial charge in [0.05, 0.1) is 39.3 Å². The monoisotopic (exact) mass is 632 g/mol. The van der Waals surface area contributed by atoms with Crippen molar-refractivity contribution in [2.75, 3.05) is 25.2 Å². The van der Waals surface area contributed by atoms with Crippen LogP contribution >= 0.6 is 11.3 Å². The fraction of sp³-hybridized carbons (Fsp3) is 0.250. The third-order valence-electron chi connectivity index (χ3n) is 7.78. The van der Waals surface area contributed by atoms with Crippen molar-refractivity contribution in [2.24, 2.45) is 18.2 Å². The molecular weight excluding hydrogens is 602 g/mol. The van der Waals surface area contributed by atoms with Gasteiger partial charge >= 0.3 is 0 Å². The summed E-state index contributed by atoms with van der Waals surface area (Å²) in [5, 5.41) is 3.31. The van der Waals surface area contributed by atoms with E-state index in [4.69, 9.17) is 15.2 Å². The van der Waals surface area contributed by atoms with Gasteiger partial charge in [0.25, 0.3) is 0 Å². The van der Waals surface area contributed by atoms with Gasteiger partial charge in [-0.2, -0.15) is 0 Å². The van der Waals surface area contributed by atoms with E-state index in [0.29, 0.717) is 29.1 Å². The number of rotatable bonds is 12. The van der Waals surface area contributed by atoms with E-state index in [0.717, 1.165) is 29.0 Å². The fourth-order valence-corrected chi connectivity index (χ4v) is 6.14. The average molecular weight is 633 g/mol. The van der Waals surface area contributed by atoms with Crippen LogP contribution in [0.4, 0.5) is 20.2 Å². The number of ether oxygens (including phenoxy) is 2. The summed E-state index contributed by atoms with van der Waals surface area (Å²) in [5.41, 5.74) is 6.26. The van der Waals surface area contributed by atoms with Gasteiger partial charge < -0.3 is 25.1 Å². The summed E-state index contributed by atoms with van der Waals surface area (Å²) in [6.45, 7) is 1.96. The molecule has 0 spiro atoms. The zero-order chi connectivity index (χ0) is 31.7. The molecule has 2 amide bonds. The molecule has 3 aromatic heterocycles. The highest BCUT2D eigenvalue weighted by Gasteiger charge is 2.57. The number of thiophene rings is 1. The number of carbonyl (C=O) groups is 2. The van der Waals surface area contributed by atoms with Crippen LogP contribution in [0.25, 0.3) is 20.9 Å². The molecule has 0 aliphatic heterocycles. The average Bonchev–Trinajstić information content (AvgIpc) is 3.61. The number of primary amides is 1. The SMILES string of the molecule is COCCNCc1cnc(-c2cc3nccc(Oc4ccc(N(C(=O)C5(C(N)=O)CC5)c5ccc(F)cc5)cc4F)c3s2)n1C. The Hall–Kier alpha value is -4.72. The minimum Gasteiger partial charge on any atom is -0.453 e. The summed E-state index contributed by atoms with van der Waals surface area (Å²) >= 11 is 1.42. The number of pyridine rings is 1. The molecule has 3 heterocycles. The molecule has 6 rings (SSSR count). The number of nitrogens with two attached hydrogens (primary N) is 1. The quantitative estimate of drug-likeness (QED) is 0.139. The Morgan fingerprint density at radius 3 is 2.51 bits per heavy atom. The molecule has 0 unspecified atom stereocenters. The minimum atomic E-state index is -1.38. The number of nitrogens with one attached hydrogen (secondary N) is 1. The summed E-state index contributed by atoms with van der Waals surface area (Å²) in [6, 6.07) is 12.8. The Balaban J connectivity index is 1.28. The summed E-state index contributed by atoms with van der Waals surface area (Å²) < 4.78 is 43.1. The van der Waals surface area contributed by atoms with Gasteiger partial charge in [-0.1, -0.05) is 0 Å². The zero-order valence-corrected chi connectivity index (χ0v) is 25.4. The smallest absolute Gasteiger partial charge is 0.247 e. The highest BCUT2D eigenvalue weighted by atomic mass is 32.1. The van der Waals surface area contributed by atoms with Crippen LogP contribution < -0.4 is 20.7 Å². The molecular formula is C32H30F2N6O4S. The lowest BCUT2D eigenvalue weighted by Crippen LogP contribution is -2.41.